The molecule has 122 valence electrons. The van der Waals surface area contributed by atoms with Crippen molar-refractivity contribution in [2.75, 3.05) is 6.61 Å². The molecular formula is C17H26ClN3O. The number of nitrogens with zero attached hydrogens (tertiary/aromatic N) is 2. The Morgan fingerprint density at radius 1 is 1.14 bits per heavy atom. The molecule has 5 heteroatoms. The highest BCUT2D eigenvalue weighted by Crippen LogP contribution is 2.12. The summed E-state index contributed by atoms with van der Waals surface area (Å²) in [6.45, 7) is 9.63. The maximum absolute atomic E-state index is 5.44. The largest absolute Gasteiger partial charge is 0.494 e. The van der Waals surface area contributed by atoms with E-state index in [1.807, 2.05) is 23.7 Å². The number of ether oxygens (including phenoxy) is 1. The van der Waals surface area contributed by atoms with Crippen molar-refractivity contribution in [3.63, 3.8) is 0 Å². The molecule has 0 aliphatic heterocycles. The molecule has 0 radical (unpaired) electrons. The molecule has 0 atom stereocenters. The molecule has 0 aliphatic rings. The molecule has 1 heterocycles. The Morgan fingerprint density at radius 2 is 1.86 bits per heavy atom. The van der Waals surface area contributed by atoms with Crippen molar-refractivity contribution in [3.05, 3.63) is 47.3 Å². The van der Waals surface area contributed by atoms with Crippen LogP contribution in [-0.2, 0) is 19.6 Å². The molecule has 2 aromatic rings. The normalized spacial score (nSPS) is 10.3. The van der Waals surface area contributed by atoms with Gasteiger partial charge in [-0.15, -0.1) is 12.4 Å². The van der Waals surface area contributed by atoms with Gasteiger partial charge in [-0.25, -0.2) is 0 Å². The quantitative estimate of drug-likeness (QED) is 0.805. The Labute approximate surface area is 139 Å². The molecule has 0 bridgehead atoms. The van der Waals surface area contributed by atoms with Crippen LogP contribution >= 0.6 is 12.4 Å². The van der Waals surface area contributed by atoms with Crippen molar-refractivity contribution >= 4 is 12.4 Å². The smallest absolute Gasteiger partial charge is 0.119 e. The first-order chi connectivity index (χ1) is 10.2. The molecular weight excluding hydrogens is 298 g/mol. The third-order valence-electron chi connectivity index (χ3n) is 3.38. The van der Waals surface area contributed by atoms with Crippen LogP contribution in [0.2, 0.25) is 0 Å². The van der Waals surface area contributed by atoms with Gasteiger partial charge in [0.15, 0.2) is 0 Å². The number of aromatic nitrogens is 2. The van der Waals surface area contributed by atoms with Crippen LogP contribution in [0.4, 0.5) is 0 Å². The van der Waals surface area contributed by atoms with E-state index in [0.29, 0.717) is 6.61 Å². The SMILES string of the molecule is CCCn1cc(CNCc2ccc(OCC)cc2)c(C)n1.Cl. The number of hydrogen-bond donors (Lipinski definition) is 1. The zero-order valence-electron chi connectivity index (χ0n) is 13.6. The van der Waals surface area contributed by atoms with Crippen LogP contribution < -0.4 is 10.1 Å². The number of nitrogens with one attached hydrogen (secondary N) is 1. The number of benzene rings is 1. The lowest BCUT2D eigenvalue weighted by Gasteiger charge is -2.06. The highest BCUT2D eigenvalue weighted by atomic mass is 35.5. The average Bonchev–Trinajstić information content (AvgIpc) is 2.82. The molecule has 1 aromatic carbocycles. The number of hydrogen-bond acceptors (Lipinski definition) is 3. The molecule has 4 nitrogen and oxygen atoms in total. The summed E-state index contributed by atoms with van der Waals surface area (Å²) in [6, 6.07) is 8.24. The first kappa shape index (κ1) is 18.5. The van der Waals surface area contributed by atoms with Gasteiger partial charge < -0.3 is 10.1 Å². The highest BCUT2D eigenvalue weighted by Gasteiger charge is 2.04. The molecule has 0 saturated heterocycles. The van der Waals surface area contributed by atoms with Gasteiger partial charge in [-0.3, -0.25) is 4.68 Å². The topological polar surface area (TPSA) is 39.1 Å². The Bertz CT molecular complexity index is 552. The van der Waals surface area contributed by atoms with Gasteiger partial charge in [0.2, 0.25) is 0 Å². The molecule has 1 aromatic heterocycles. The second-order valence-corrected chi connectivity index (χ2v) is 5.18. The van der Waals surface area contributed by atoms with Crippen molar-refractivity contribution in [2.45, 2.75) is 46.8 Å². The number of aryl methyl sites for hydroxylation is 2. The Balaban J connectivity index is 0.00000242. The lowest BCUT2D eigenvalue weighted by atomic mass is 10.2. The summed E-state index contributed by atoms with van der Waals surface area (Å²) in [6.07, 6.45) is 3.25. The highest BCUT2D eigenvalue weighted by molar-refractivity contribution is 5.85. The summed E-state index contributed by atoms with van der Waals surface area (Å²) >= 11 is 0. The third-order valence-corrected chi connectivity index (χ3v) is 3.38. The fourth-order valence-corrected chi connectivity index (χ4v) is 2.29. The van der Waals surface area contributed by atoms with Crippen molar-refractivity contribution in [3.8, 4) is 5.75 Å². The Hall–Kier alpha value is -1.52. The summed E-state index contributed by atoms with van der Waals surface area (Å²) in [5.41, 5.74) is 3.65. The van der Waals surface area contributed by atoms with Crippen molar-refractivity contribution in [2.24, 2.45) is 0 Å². The summed E-state index contributed by atoms with van der Waals surface area (Å²) in [4.78, 5) is 0. The first-order valence-electron chi connectivity index (χ1n) is 7.68. The summed E-state index contributed by atoms with van der Waals surface area (Å²) in [5, 5.41) is 7.99. The van der Waals surface area contributed by atoms with Crippen LogP contribution in [-0.4, -0.2) is 16.4 Å². The van der Waals surface area contributed by atoms with Gasteiger partial charge in [-0.05, 0) is 38.0 Å². The van der Waals surface area contributed by atoms with Crippen molar-refractivity contribution < 1.29 is 4.74 Å². The van der Waals surface area contributed by atoms with E-state index in [1.165, 1.54) is 11.1 Å². The molecule has 0 saturated carbocycles. The van der Waals surface area contributed by atoms with Gasteiger partial charge >= 0.3 is 0 Å². The fraction of sp³-hybridized carbons (Fsp3) is 0.471. The van der Waals surface area contributed by atoms with Crippen LogP contribution in [0.15, 0.2) is 30.5 Å². The average molecular weight is 324 g/mol. The molecule has 0 amide bonds. The maximum atomic E-state index is 5.44. The van der Waals surface area contributed by atoms with Crippen molar-refractivity contribution in [1.82, 2.24) is 15.1 Å². The Kier molecular flexibility index (Phi) is 7.99. The predicted molar refractivity (Wildman–Crippen MR) is 92.7 cm³/mol. The molecule has 0 aliphatic carbocycles. The zero-order valence-corrected chi connectivity index (χ0v) is 14.4. The fourth-order valence-electron chi connectivity index (χ4n) is 2.29. The van der Waals surface area contributed by atoms with E-state index in [-0.39, 0.29) is 12.4 Å². The van der Waals surface area contributed by atoms with Crippen LogP contribution in [0.25, 0.3) is 0 Å². The Morgan fingerprint density at radius 3 is 2.50 bits per heavy atom. The van der Waals surface area contributed by atoms with E-state index in [4.69, 9.17) is 4.74 Å². The van der Waals surface area contributed by atoms with E-state index < -0.39 is 0 Å². The van der Waals surface area contributed by atoms with Gasteiger partial charge in [0, 0.05) is 31.4 Å². The second kappa shape index (κ2) is 9.49. The monoisotopic (exact) mass is 323 g/mol. The minimum Gasteiger partial charge on any atom is -0.494 e. The number of rotatable bonds is 8. The van der Waals surface area contributed by atoms with Gasteiger partial charge in [-0.2, -0.15) is 5.10 Å². The van der Waals surface area contributed by atoms with Crippen LogP contribution in [0.3, 0.4) is 0 Å². The summed E-state index contributed by atoms with van der Waals surface area (Å²) in [7, 11) is 0. The molecule has 1 N–H and O–H groups in total. The molecule has 0 fully saturated rings. The molecule has 22 heavy (non-hydrogen) atoms. The van der Waals surface area contributed by atoms with Gasteiger partial charge in [-0.1, -0.05) is 19.1 Å². The van der Waals surface area contributed by atoms with E-state index >= 15 is 0 Å². The van der Waals surface area contributed by atoms with E-state index in [9.17, 15) is 0 Å². The predicted octanol–water partition coefficient (Wildman–Crippen LogP) is 3.71. The second-order valence-electron chi connectivity index (χ2n) is 5.18. The van der Waals surface area contributed by atoms with E-state index in [2.05, 4.69) is 42.6 Å². The van der Waals surface area contributed by atoms with E-state index in [0.717, 1.165) is 37.5 Å². The minimum absolute atomic E-state index is 0. The molecule has 0 spiro atoms. The summed E-state index contributed by atoms with van der Waals surface area (Å²) in [5.74, 6) is 0.929. The minimum atomic E-state index is 0. The lowest BCUT2D eigenvalue weighted by Crippen LogP contribution is -2.12. The third kappa shape index (κ3) is 5.35. The zero-order chi connectivity index (χ0) is 15.1. The van der Waals surface area contributed by atoms with Gasteiger partial charge in [0.05, 0.1) is 12.3 Å². The van der Waals surface area contributed by atoms with Crippen LogP contribution in [0.1, 0.15) is 37.1 Å². The molecule has 2 rings (SSSR count). The van der Waals surface area contributed by atoms with Gasteiger partial charge in [0.1, 0.15) is 5.75 Å². The standard InChI is InChI=1S/C17H25N3O.ClH/c1-4-10-20-13-16(14(3)19-20)12-18-11-15-6-8-17(9-7-15)21-5-2;/h6-9,13,18H,4-5,10-12H2,1-3H3;1H. The lowest BCUT2D eigenvalue weighted by molar-refractivity contribution is 0.340. The summed E-state index contributed by atoms with van der Waals surface area (Å²) < 4.78 is 7.48. The van der Waals surface area contributed by atoms with Crippen molar-refractivity contribution in [1.29, 1.82) is 0 Å². The molecule has 0 unspecified atom stereocenters. The first-order valence-corrected chi connectivity index (χ1v) is 7.68. The number of halogens is 1. The maximum Gasteiger partial charge on any atom is 0.119 e. The van der Waals surface area contributed by atoms with Gasteiger partial charge in [0.25, 0.3) is 0 Å². The van der Waals surface area contributed by atoms with Crippen LogP contribution in [0, 0.1) is 6.92 Å². The van der Waals surface area contributed by atoms with E-state index in [1.54, 1.807) is 0 Å². The van der Waals surface area contributed by atoms with Crippen LogP contribution in [0.5, 0.6) is 5.75 Å².